The number of nitrogens with two attached hydrogens (primary N) is 1. The van der Waals surface area contributed by atoms with Crippen LogP contribution in [0.5, 0.6) is 11.5 Å². The van der Waals surface area contributed by atoms with Crippen molar-refractivity contribution in [3.8, 4) is 22.8 Å². The molecule has 0 saturated carbocycles. The van der Waals surface area contributed by atoms with Gasteiger partial charge in [0.2, 0.25) is 0 Å². The van der Waals surface area contributed by atoms with E-state index >= 15 is 0 Å². The summed E-state index contributed by atoms with van der Waals surface area (Å²) in [5.41, 5.74) is 11.7. The molecule has 0 radical (unpaired) electrons. The van der Waals surface area contributed by atoms with E-state index in [1.165, 1.54) is 0 Å². The highest BCUT2D eigenvalue weighted by atomic mass is 16.5. The summed E-state index contributed by atoms with van der Waals surface area (Å²) in [5.74, 6) is 2.08. The predicted octanol–water partition coefficient (Wildman–Crippen LogP) is 4.11. The van der Waals surface area contributed by atoms with Crippen LogP contribution in [-0.4, -0.2) is 84.3 Å². The van der Waals surface area contributed by atoms with Crippen LogP contribution in [0.3, 0.4) is 0 Å². The van der Waals surface area contributed by atoms with Crippen molar-refractivity contribution in [3.63, 3.8) is 0 Å². The van der Waals surface area contributed by atoms with Gasteiger partial charge in [0.25, 0.3) is 0 Å². The molecule has 2 aliphatic heterocycles. The summed E-state index contributed by atoms with van der Waals surface area (Å²) >= 11 is 0. The van der Waals surface area contributed by atoms with Gasteiger partial charge in [-0.2, -0.15) is 5.10 Å². The van der Waals surface area contributed by atoms with Crippen LogP contribution in [0, 0.1) is 5.92 Å². The van der Waals surface area contributed by atoms with Crippen molar-refractivity contribution < 1.29 is 14.2 Å². The van der Waals surface area contributed by atoms with Gasteiger partial charge in [-0.15, -0.1) is 0 Å². The van der Waals surface area contributed by atoms with Crippen LogP contribution < -0.4 is 20.1 Å². The summed E-state index contributed by atoms with van der Waals surface area (Å²) in [6, 6.07) is 12.5. The second kappa shape index (κ2) is 12.4. The van der Waals surface area contributed by atoms with Gasteiger partial charge >= 0.3 is 0 Å². The van der Waals surface area contributed by atoms with E-state index in [0.29, 0.717) is 5.92 Å². The predicted molar refractivity (Wildman–Crippen MR) is 160 cm³/mol. The molecule has 0 aliphatic carbocycles. The molecule has 2 saturated heterocycles. The van der Waals surface area contributed by atoms with Crippen molar-refractivity contribution in [1.29, 1.82) is 0 Å². The van der Waals surface area contributed by atoms with Crippen molar-refractivity contribution in [2.75, 3.05) is 58.5 Å². The Hall–Kier alpha value is -3.73. The van der Waals surface area contributed by atoms with Gasteiger partial charge in [0.1, 0.15) is 11.5 Å². The molecule has 10 heteroatoms. The number of aromatic nitrogens is 4. The minimum atomic E-state index is 0.246. The molecule has 0 spiro atoms. The first-order valence-corrected chi connectivity index (χ1v) is 14.4. The Morgan fingerprint density at radius 2 is 1.78 bits per heavy atom. The maximum Gasteiger partial charge on any atom is 0.124 e. The van der Waals surface area contributed by atoms with Gasteiger partial charge in [0, 0.05) is 86.8 Å². The molecule has 0 unspecified atom stereocenters. The van der Waals surface area contributed by atoms with Crippen LogP contribution >= 0.6 is 0 Å². The average Bonchev–Trinajstić information content (AvgIpc) is 3.65. The van der Waals surface area contributed by atoms with Crippen LogP contribution in [0.1, 0.15) is 19.3 Å². The Morgan fingerprint density at radius 3 is 2.51 bits per heavy atom. The highest BCUT2D eigenvalue weighted by Gasteiger charge is 2.21. The van der Waals surface area contributed by atoms with E-state index < -0.39 is 0 Å². The molecule has 2 fully saturated rings. The lowest BCUT2D eigenvalue weighted by molar-refractivity contribution is 0.0601. The number of anilines is 2. The zero-order valence-electron chi connectivity index (χ0n) is 23.9. The third-order valence-electron chi connectivity index (χ3n) is 8.15. The van der Waals surface area contributed by atoms with Crippen molar-refractivity contribution in [3.05, 3.63) is 55.0 Å². The second-order valence-electron chi connectivity index (χ2n) is 11.0. The fourth-order valence-corrected chi connectivity index (χ4v) is 5.76. The van der Waals surface area contributed by atoms with E-state index in [-0.39, 0.29) is 6.04 Å². The van der Waals surface area contributed by atoms with Gasteiger partial charge < -0.3 is 24.8 Å². The molecule has 1 atom stereocenters. The van der Waals surface area contributed by atoms with E-state index in [1.807, 2.05) is 41.3 Å². The summed E-state index contributed by atoms with van der Waals surface area (Å²) in [4.78, 5) is 14.5. The van der Waals surface area contributed by atoms with Gasteiger partial charge in [0.05, 0.1) is 43.3 Å². The van der Waals surface area contributed by atoms with Crippen molar-refractivity contribution in [2.45, 2.75) is 31.8 Å². The van der Waals surface area contributed by atoms with Crippen molar-refractivity contribution >= 4 is 22.4 Å². The van der Waals surface area contributed by atoms with Crippen molar-refractivity contribution in [1.82, 2.24) is 24.6 Å². The standard InChI is InChI=1S/C31H39N7O3/c1-39-27-13-26(14-28(16-27)40-2)38(10-9-36-8-5-24(32)21-36)25-3-4-29-30(15-25)35-31(18-33-29)23-17-34-37(20-23)19-22-6-11-41-12-7-22/h3-4,13-18,20,22,24H,5-12,19,21,32H2,1-2H3/t24-/m0/s1. The first-order chi connectivity index (χ1) is 20.1. The first-order valence-electron chi connectivity index (χ1n) is 14.4. The topological polar surface area (TPSA) is 104 Å². The van der Waals surface area contributed by atoms with Gasteiger partial charge in [-0.05, 0) is 49.9 Å². The molecule has 2 aromatic carbocycles. The summed E-state index contributed by atoms with van der Waals surface area (Å²) in [7, 11) is 3.35. The van der Waals surface area contributed by atoms with Crippen LogP contribution in [0.4, 0.5) is 11.4 Å². The summed E-state index contributed by atoms with van der Waals surface area (Å²) in [6.07, 6.45) is 8.98. The zero-order valence-corrected chi connectivity index (χ0v) is 23.9. The first kappa shape index (κ1) is 27.4. The molecule has 0 bridgehead atoms. The van der Waals surface area contributed by atoms with E-state index in [4.69, 9.17) is 29.9 Å². The molecule has 216 valence electrons. The maximum atomic E-state index is 6.19. The Morgan fingerprint density at radius 1 is 0.976 bits per heavy atom. The van der Waals surface area contributed by atoms with Crippen molar-refractivity contribution in [2.24, 2.45) is 11.7 Å². The lowest BCUT2D eigenvalue weighted by Crippen LogP contribution is -2.33. The van der Waals surface area contributed by atoms with Gasteiger partial charge in [0.15, 0.2) is 0 Å². The third-order valence-corrected chi connectivity index (χ3v) is 8.15. The Kier molecular flexibility index (Phi) is 8.31. The third kappa shape index (κ3) is 6.45. The minimum Gasteiger partial charge on any atom is -0.497 e. The second-order valence-corrected chi connectivity index (χ2v) is 11.0. The summed E-state index contributed by atoms with van der Waals surface area (Å²) in [5, 5.41) is 4.61. The molecule has 10 nitrogen and oxygen atoms in total. The molecule has 41 heavy (non-hydrogen) atoms. The fraction of sp³-hybridized carbons (Fsp3) is 0.452. The summed E-state index contributed by atoms with van der Waals surface area (Å²) < 4.78 is 18.7. The molecule has 2 aromatic heterocycles. The fourth-order valence-electron chi connectivity index (χ4n) is 5.76. The molecule has 0 amide bonds. The number of fused-ring (bicyclic) bond motifs is 1. The largest absolute Gasteiger partial charge is 0.497 e. The smallest absolute Gasteiger partial charge is 0.124 e. The molecule has 4 heterocycles. The van der Waals surface area contributed by atoms with Crippen LogP contribution in [0.2, 0.25) is 0 Å². The molecular formula is C31H39N7O3. The number of methoxy groups -OCH3 is 2. The number of benzene rings is 2. The van der Waals surface area contributed by atoms with E-state index in [2.05, 4.69) is 33.2 Å². The van der Waals surface area contributed by atoms with Gasteiger partial charge in [-0.1, -0.05) is 0 Å². The summed E-state index contributed by atoms with van der Waals surface area (Å²) in [6.45, 7) is 6.18. The van der Waals surface area contributed by atoms with Gasteiger partial charge in [-0.3, -0.25) is 14.6 Å². The highest BCUT2D eigenvalue weighted by Crippen LogP contribution is 2.34. The van der Waals surface area contributed by atoms with Gasteiger partial charge in [-0.25, -0.2) is 4.98 Å². The van der Waals surface area contributed by atoms with Crippen LogP contribution in [0.25, 0.3) is 22.3 Å². The Balaban J connectivity index is 1.29. The Labute approximate surface area is 241 Å². The zero-order chi connectivity index (χ0) is 28.2. The quantitative estimate of drug-likeness (QED) is 0.309. The number of likely N-dealkylation sites (tertiary alicyclic amines) is 1. The van der Waals surface area contributed by atoms with Crippen LogP contribution in [-0.2, 0) is 11.3 Å². The molecule has 4 aromatic rings. The Bertz CT molecular complexity index is 1450. The molecule has 2 aliphatic rings. The number of nitrogens with zero attached hydrogens (tertiary/aromatic N) is 6. The van der Waals surface area contributed by atoms with E-state index in [1.54, 1.807) is 14.2 Å². The van der Waals surface area contributed by atoms with Crippen LogP contribution in [0.15, 0.2) is 55.0 Å². The molecule has 6 rings (SSSR count). The maximum absolute atomic E-state index is 6.19. The van der Waals surface area contributed by atoms with E-state index in [0.717, 1.165) is 110 Å². The van der Waals surface area contributed by atoms with E-state index in [9.17, 15) is 0 Å². The average molecular weight is 558 g/mol. The number of hydrogen-bond acceptors (Lipinski definition) is 9. The number of ether oxygens (including phenoxy) is 3. The SMILES string of the molecule is COc1cc(OC)cc(N(CCN2CC[C@H](N)C2)c2ccc3ncc(-c4cnn(CC5CCOCC5)c4)nc3c2)c1. The highest BCUT2D eigenvalue weighted by molar-refractivity contribution is 5.82. The lowest BCUT2D eigenvalue weighted by atomic mass is 10.0. The molecular weight excluding hydrogens is 518 g/mol. The lowest BCUT2D eigenvalue weighted by Gasteiger charge is -2.28. The number of rotatable bonds is 10. The normalized spacial score (nSPS) is 18.2. The monoisotopic (exact) mass is 557 g/mol. The molecule has 2 N–H and O–H groups in total. The number of hydrogen-bond donors (Lipinski definition) is 1. The minimum absolute atomic E-state index is 0.246.